The fraction of sp³-hybridized carbons (Fsp3) is 0.143. The Labute approximate surface area is 144 Å². The van der Waals surface area contributed by atoms with E-state index < -0.39 is 0 Å². The lowest BCUT2D eigenvalue weighted by Crippen LogP contribution is -2.29. The summed E-state index contributed by atoms with van der Waals surface area (Å²) in [6.07, 6.45) is 0.676. The van der Waals surface area contributed by atoms with Crippen LogP contribution < -0.4 is 11.3 Å². The zero-order valence-electron chi connectivity index (χ0n) is 10.3. The number of nitrogens with two attached hydrogens (primary N) is 1. The van der Waals surface area contributed by atoms with E-state index in [0.29, 0.717) is 16.5 Å². The molecule has 2 aromatic rings. The summed E-state index contributed by atoms with van der Waals surface area (Å²) in [5.74, 6) is 5.68. The maximum Gasteiger partial charge on any atom is 0.0501 e. The zero-order chi connectivity index (χ0) is 14.7. The summed E-state index contributed by atoms with van der Waals surface area (Å²) in [7, 11) is 0. The molecule has 0 amide bonds. The van der Waals surface area contributed by atoms with Crippen LogP contribution in [-0.4, -0.2) is 0 Å². The van der Waals surface area contributed by atoms with Gasteiger partial charge in [-0.15, -0.1) is 0 Å². The summed E-state index contributed by atoms with van der Waals surface area (Å²) in [5.41, 5.74) is 4.89. The van der Waals surface area contributed by atoms with Gasteiger partial charge < -0.3 is 0 Å². The molecule has 0 saturated carbocycles. The summed E-state index contributed by atoms with van der Waals surface area (Å²) in [6, 6.07) is 11.5. The third-order valence-electron chi connectivity index (χ3n) is 2.93. The largest absolute Gasteiger partial charge is 0.271 e. The van der Waals surface area contributed by atoms with Crippen molar-refractivity contribution in [2.45, 2.75) is 12.5 Å². The van der Waals surface area contributed by atoms with Crippen molar-refractivity contribution in [2.75, 3.05) is 0 Å². The first-order valence-corrected chi connectivity index (χ1v) is 8.20. The topological polar surface area (TPSA) is 38.0 Å². The molecular weight excluding hydrogens is 427 g/mol. The minimum atomic E-state index is -0.0394. The summed E-state index contributed by atoms with van der Waals surface area (Å²) in [4.78, 5) is 0. The molecule has 0 spiro atoms. The fourth-order valence-corrected chi connectivity index (χ4v) is 3.77. The van der Waals surface area contributed by atoms with Gasteiger partial charge in [-0.05, 0) is 47.9 Å². The van der Waals surface area contributed by atoms with Gasteiger partial charge in [-0.25, -0.2) is 0 Å². The third-order valence-corrected chi connectivity index (χ3v) is 4.43. The monoisotopic (exact) mass is 436 g/mol. The van der Waals surface area contributed by atoms with E-state index in [0.717, 1.165) is 20.1 Å². The first kappa shape index (κ1) is 16.3. The van der Waals surface area contributed by atoms with Crippen molar-refractivity contribution in [3.8, 4) is 0 Å². The number of hydrogen-bond acceptors (Lipinski definition) is 2. The van der Waals surface area contributed by atoms with Crippen molar-refractivity contribution in [3.63, 3.8) is 0 Å². The highest BCUT2D eigenvalue weighted by Gasteiger charge is 2.14. The normalized spacial score (nSPS) is 12.4. The molecule has 20 heavy (non-hydrogen) atoms. The first-order valence-electron chi connectivity index (χ1n) is 5.85. The highest BCUT2D eigenvalue weighted by Crippen LogP contribution is 2.29. The van der Waals surface area contributed by atoms with Crippen molar-refractivity contribution in [1.82, 2.24) is 5.43 Å². The smallest absolute Gasteiger partial charge is 0.0501 e. The Hall–Kier alpha value is -0.100. The second-order valence-corrected chi connectivity index (χ2v) is 7.04. The van der Waals surface area contributed by atoms with Gasteiger partial charge in [0.15, 0.2) is 0 Å². The summed E-state index contributed by atoms with van der Waals surface area (Å²) in [5, 5.41) is 1.27. The van der Waals surface area contributed by atoms with Crippen molar-refractivity contribution in [3.05, 3.63) is 66.5 Å². The molecule has 106 valence electrons. The van der Waals surface area contributed by atoms with Crippen LogP contribution in [-0.2, 0) is 6.42 Å². The molecule has 1 atom stereocenters. The van der Waals surface area contributed by atoms with Gasteiger partial charge in [-0.2, -0.15) is 0 Å². The highest BCUT2D eigenvalue weighted by atomic mass is 79.9. The van der Waals surface area contributed by atoms with E-state index in [-0.39, 0.29) is 6.04 Å². The van der Waals surface area contributed by atoms with Crippen LogP contribution >= 0.6 is 55.1 Å². The van der Waals surface area contributed by atoms with E-state index in [4.69, 9.17) is 29.0 Å². The molecule has 0 aliphatic carbocycles. The van der Waals surface area contributed by atoms with E-state index in [1.54, 1.807) is 6.07 Å². The molecule has 0 aliphatic rings. The lowest BCUT2D eigenvalue weighted by Gasteiger charge is -2.18. The van der Waals surface area contributed by atoms with Crippen LogP contribution in [0.2, 0.25) is 10.0 Å². The van der Waals surface area contributed by atoms with Gasteiger partial charge in [0, 0.05) is 19.0 Å². The van der Waals surface area contributed by atoms with Crippen LogP contribution in [0.1, 0.15) is 17.2 Å². The number of rotatable bonds is 4. The molecule has 6 heteroatoms. The SMILES string of the molecule is NNC(Cc1ccc(Cl)cc1Cl)c1cc(Br)cc(Br)c1. The number of hydrazine groups is 1. The summed E-state index contributed by atoms with van der Waals surface area (Å²) in [6.45, 7) is 0. The Morgan fingerprint density at radius 3 is 2.25 bits per heavy atom. The number of halogens is 4. The van der Waals surface area contributed by atoms with Crippen molar-refractivity contribution >= 4 is 55.1 Å². The van der Waals surface area contributed by atoms with E-state index >= 15 is 0 Å². The second kappa shape index (κ2) is 7.25. The Bertz CT molecular complexity index is 600. The summed E-state index contributed by atoms with van der Waals surface area (Å²) < 4.78 is 1.98. The molecule has 0 aromatic heterocycles. The molecule has 1 unspecified atom stereocenters. The lowest BCUT2D eigenvalue weighted by atomic mass is 9.99. The van der Waals surface area contributed by atoms with E-state index in [9.17, 15) is 0 Å². The molecule has 0 fully saturated rings. The predicted octanol–water partition coefficient (Wildman–Crippen LogP) is 5.27. The highest BCUT2D eigenvalue weighted by molar-refractivity contribution is 9.11. The molecule has 0 heterocycles. The van der Waals surface area contributed by atoms with Crippen LogP contribution in [0.15, 0.2) is 45.3 Å². The van der Waals surface area contributed by atoms with E-state index in [1.807, 2.05) is 30.3 Å². The Morgan fingerprint density at radius 2 is 1.70 bits per heavy atom. The second-order valence-electron chi connectivity index (χ2n) is 4.36. The van der Waals surface area contributed by atoms with Crippen molar-refractivity contribution in [1.29, 1.82) is 0 Å². The number of benzene rings is 2. The molecule has 0 bridgehead atoms. The predicted molar refractivity (Wildman–Crippen MR) is 92.1 cm³/mol. The van der Waals surface area contributed by atoms with Crippen LogP contribution in [0.25, 0.3) is 0 Å². The van der Waals surface area contributed by atoms with Crippen molar-refractivity contribution in [2.24, 2.45) is 5.84 Å². The Morgan fingerprint density at radius 1 is 1.05 bits per heavy atom. The minimum Gasteiger partial charge on any atom is -0.271 e. The average molecular weight is 439 g/mol. The molecule has 0 radical (unpaired) electrons. The molecule has 2 aromatic carbocycles. The molecular formula is C14H12Br2Cl2N2. The zero-order valence-corrected chi connectivity index (χ0v) is 15.0. The van der Waals surface area contributed by atoms with E-state index in [2.05, 4.69) is 37.3 Å². The van der Waals surface area contributed by atoms with Crippen molar-refractivity contribution < 1.29 is 0 Å². The van der Waals surface area contributed by atoms with Gasteiger partial charge in [-0.1, -0.05) is 61.1 Å². The molecule has 0 aliphatic heterocycles. The van der Waals surface area contributed by atoms with Gasteiger partial charge in [0.25, 0.3) is 0 Å². The fourth-order valence-electron chi connectivity index (χ4n) is 1.96. The van der Waals surface area contributed by atoms with E-state index in [1.165, 1.54) is 0 Å². The standard InChI is InChI=1S/C14H12Br2Cl2N2/c15-10-3-9(4-11(16)6-10)14(20-19)5-8-1-2-12(17)7-13(8)18/h1-4,6-7,14,20H,5,19H2. The van der Waals surface area contributed by atoms with Gasteiger partial charge in [0.1, 0.15) is 0 Å². The molecule has 2 rings (SSSR count). The Kier molecular flexibility index (Phi) is 5.90. The first-order chi connectivity index (χ1) is 9.49. The lowest BCUT2D eigenvalue weighted by molar-refractivity contribution is 0.551. The number of hydrogen-bond donors (Lipinski definition) is 2. The molecule has 3 N–H and O–H groups in total. The van der Waals surface area contributed by atoms with Crippen LogP contribution in [0.4, 0.5) is 0 Å². The van der Waals surface area contributed by atoms with Crippen LogP contribution in [0, 0.1) is 0 Å². The molecule has 0 saturated heterocycles. The summed E-state index contributed by atoms with van der Waals surface area (Å²) >= 11 is 19.1. The Balaban J connectivity index is 2.28. The van der Waals surface area contributed by atoms with Gasteiger partial charge in [0.05, 0.1) is 6.04 Å². The van der Waals surface area contributed by atoms with Gasteiger partial charge >= 0.3 is 0 Å². The van der Waals surface area contributed by atoms with Crippen LogP contribution in [0.5, 0.6) is 0 Å². The third kappa shape index (κ3) is 4.20. The minimum absolute atomic E-state index is 0.0394. The van der Waals surface area contributed by atoms with Gasteiger partial charge in [-0.3, -0.25) is 11.3 Å². The average Bonchev–Trinajstić information content (AvgIpc) is 2.36. The molecule has 2 nitrogen and oxygen atoms in total. The number of nitrogens with one attached hydrogen (secondary N) is 1. The quantitative estimate of drug-likeness (QED) is 0.504. The van der Waals surface area contributed by atoms with Crippen LogP contribution in [0.3, 0.4) is 0 Å². The maximum absolute atomic E-state index is 6.21. The van der Waals surface area contributed by atoms with Gasteiger partial charge in [0.2, 0.25) is 0 Å². The maximum atomic E-state index is 6.21.